The maximum Gasteiger partial charge on any atom is 0.163 e. The first-order chi connectivity index (χ1) is 14.2. The molecular formula is C23H19FN4O. The highest BCUT2D eigenvalue weighted by Gasteiger charge is 2.29. The molecule has 1 fully saturated rings. The second-order valence-corrected chi connectivity index (χ2v) is 7.09. The molecule has 0 saturated carbocycles. The molecule has 2 aromatic heterocycles. The van der Waals surface area contributed by atoms with Gasteiger partial charge in [0.1, 0.15) is 11.6 Å². The summed E-state index contributed by atoms with van der Waals surface area (Å²) in [5, 5.41) is 0.896. The molecule has 2 aromatic carbocycles. The van der Waals surface area contributed by atoms with Crippen molar-refractivity contribution in [3.05, 3.63) is 72.8 Å². The minimum absolute atomic E-state index is 0.191. The summed E-state index contributed by atoms with van der Waals surface area (Å²) in [4.78, 5) is 15.9. The molecule has 3 heterocycles. The number of pyridine rings is 1. The van der Waals surface area contributed by atoms with E-state index in [0.717, 1.165) is 40.9 Å². The molecule has 29 heavy (non-hydrogen) atoms. The Balaban J connectivity index is 1.67. The van der Waals surface area contributed by atoms with E-state index >= 15 is 0 Å². The molecule has 0 atom stereocenters. The number of anilines is 1. The third kappa shape index (κ3) is 3.21. The first-order valence-corrected chi connectivity index (χ1v) is 9.48. The van der Waals surface area contributed by atoms with Crippen LogP contribution in [0.3, 0.4) is 0 Å². The van der Waals surface area contributed by atoms with Crippen LogP contribution in [0.1, 0.15) is 0 Å². The van der Waals surface area contributed by atoms with Gasteiger partial charge in [-0.25, -0.2) is 14.4 Å². The Kier molecular flexibility index (Phi) is 4.41. The molecule has 1 aliphatic heterocycles. The van der Waals surface area contributed by atoms with E-state index in [4.69, 9.17) is 14.7 Å². The molecule has 0 bridgehead atoms. The van der Waals surface area contributed by atoms with Crippen LogP contribution in [-0.2, 0) is 4.74 Å². The zero-order valence-electron chi connectivity index (χ0n) is 15.9. The molecule has 0 radical (unpaired) electrons. The van der Waals surface area contributed by atoms with Gasteiger partial charge >= 0.3 is 0 Å². The van der Waals surface area contributed by atoms with Crippen molar-refractivity contribution >= 4 is 16.7 Å². The largest absolute Gasteiger partial charge is 0.378 e. The lowest BCUT2D eigenvalue weighted by molar-refractivity contribution is 0.0785. The van der Waals surface area contributed by atoms with Gasteiger partial charge in [-0.05, 0) is 35.9 Å². The lowest BCUT2D eigenvalue weighted by atomic mass is 10.0. The Hall–Kier alpha value is -3.38. The van der Waals surface area contributed by atoms with E-state index in [2.05, 4.69) is 9.88 Å². The average Bonchev–Trinajstić information content (AvgIpc) is 2.73. The van der Waals surface area contributed by atoms with Gasteiger partial charge in [0.15, 0.2) is 5.82 Å². The molecule has 0 spiro atoms. The lowest BCUT2D eigenvalue weighted by Gasteiger charge is -2.39. The molecule has 6 heteroatoms. The van der Waals surface area contributed by atoms with Crippen LogP contribution in [0.4, 0.5) is 10.2 Å². The van der Waals surface area contributed by atoms with Crippen LogP contribution < -0.4 is 4.90 Å². The van der Waals surface area contributed by atoms with E-state index in [0.29, 0.717) is 11.4 Å². The van der Waals surface area contributed by atoms with E-state index in [1.54, 1.807) is 31.6 Å². The average molecular weight is 386 g/mol. The van der Waals surface area contributed by atoms with E-state index in [1.165, 1.54) is 6.07 Å². The first-order valence-electron chi connectivity index (χ1n) is 9.48. The van der Waals surface area contributed by atoms with Crippen LogP contribution in [0, 0.1) is 5.82 Å². The summed E-state index contributed by atoms with van der Waals surface area (Å²) in [6.45, 7) is 1.53. The number of rotatable bonds is 4. The van der Waals surface area contributed by atoms with Crippen LogP contribution in [0.25, 0.3) is 33.4 Å². The van der Waals surface area contributed by atoms with Gasteiger partial charge < -0.3 is 9.64 Å². The van der Waals surface area contributed by atoms with Crippen molar-refractivity contribution in [2.45, 2.75) is 6.10 Å². The van der Waals surface area contributed by atoms with Crippen molar-refractivity contribution in [2.75, 3.05) is 25.1 Å². The number of nitrogens with zero attached hydrogens (tertiary/aromatic N) is 4. The monoisotopic (exact) mass is 386 g/mol. The van der Waals surface area contributed by atoms with Crippen molar-refractivity contribution in [1.82, 2.24) is 15.0 Å². The van der Waals surface area contributed by atoms with E-state index < -0.39 is 0 Å². The standard InChI is InChI=1S/C23H19FN4O/c1-29-17-13-28(14-17)23-19-11-15(18-6-2-3-7-20(18)24)8-9-21(19)26-22(27-23)16-5-4-10-25-12-16/h2-12,17H,13-14H2,1H3. The Morgan fingerprint density at radius 2 is 1.86 bits per heavy atom. The number of benzene rings is 2. The SMILES string of the molecule is COC1CN(c2nc(-c3cccnc3)nc3ccc(-c4ccccc4F)cc23)C1. The smallest absolute Gasteiger partial charge is 0.163 e. The van der Waals surface area contributed by atoms with Crippen LogP contribution in [0.5, 0.6) is 0 Å². The predicted molar refractivity (Wildman–Crippen MR) is 111 cm³/mol. The van der Waals surface area contributed by atoms with Gasteiger partial charge in [-0.3, -0.25) is 4.98 Å². The zero-order valence-corrected chi connectivity index (χ0v) is 15.9. The maximum absolute atomic E-state index is 14.3. The van der Waals surface area contributed by atoms with Crippen molar-refractivity contribution in [3.63, 3.8) is 0 Å². The van der Waals surface area contributed by atoms with Gasteiger partial charge in [-0.15, -0.1) is 0 Å². The topological polar surface area (TPSA) is 51.1 Å². The van der Waals surface area contributed by atoms with Gasteiger partial charge in [0, 0.05) is 49.1 Å². The number of aromatic nitrogens is 3. The summed E-state index contributed by atoms with van der Waals surface area (Å²) in [6, 6.07) is 16.4. The van der Waals surface area contributed by atoms with Gasteiger partial charge in [-0.1, -0.05) is 24.3 Å². The molecule has 0 unspecified atom stereocenters. The number of ether oxygens (including phenoxy) is 1. The molecule has 0 amide bonds. The Bertz CT molecular complexity index is 1180. The Labute approximate surface area is 167 Å². The highest BCUT2D eigenvalue weighted by molar-refractivity contribution is 5.94. The minimum Gasteiger partial charge on any atom is -0.378 e. The summed E-state index contributed by atoms with van der Waals surface area (Å²) >= 11 is 0. The number of hydrogen-bond donors (Lipinski definition) is 0. The van der Waals surface area contributed by atoms with Gasteiger partial charge in [0.2, 0.25) is 0 Å². The van der Waals surface area contributed by atoms with Crippen molar-refractivity contribution < 1.29 is 9.13 Å². The van der Waals surface area contributed by atoms with E-state index in [9.17, 15) is 4.39 Å². The first kappa shape index (κ1) is 17.7. The molecule has 144 valence electrons. The Morgan fingerprint density at radius 1 is 1.00 bits per heavy atom. The van der Waals surface area contributed by atoms with Crippen LogP contribution in [-0.4, -0.2) is 41.3 Å². The predicted octanol–water partition coefficient (Wildman–Crippen LogP) is 4.33. The number of fused-ring (bicyclic) bond motifs is 1. The van der Waals surface area contributed by atoms with Crippen LogP contribution >= 0.6 is 0 Å². The molecule has 5 nitrogen and oxygen atoms in total. The fraction of sp³-hybridized carbons (Fsp3) is 0.174. The summed E-state index contributed by atoms with van der Waals surface area (Å²) in [5.41, 5.74) is 3.04. The highest BCUT2D eigenvalue weighted by Crippen LogP contribution is 2.34. The number of halogens is 1. The summed E-state index contributed by atoms with van der Waals surface area (Å²) in [6.07, 6.45) is 3.67. The zero-order chi connectivity index (χ0) is 19.8. The van der Waals surface area contributed by atoms with E-state index in [1.807, 2.05) is 36.4 Å². The normalized spacial score (nSPS) is 14.2. The summed E-state index contributed by atoms with van der Waals surface area (Å²) < 4.78 is 19.8. The maximum atomic E-state index is 14.3. The van der Waals surface area contributed by atoms with Gasteiger partial charge in [0.25, 0.3) is 0 Å². The third-order valence-corrected chi connectivity index (χ3v) is 5.26. The van der Waals surface area contributed by atoms with Crippen LogP contribution in [0.2, 0.25) is 0 Å². The molecule has 0 aliphatic carbocycles. The van der Waals surface area contributed by atoms with Crippen molar-refractivity contribution in [3.8, 4) is 22.5 Å². The summed E-state index contributed by atoms with van der Waals surface area (Å²) in [5.74, 6) is 1.21. The minimum atomic E-state index is -0.246. The summed E-state index contributed by atoms with van der Waals surface area (Å²) in [7, 11) is 1.72. The molecule has 4 aromatic rings. The molecule has 1 aliphatic rings. The van der Waals surface area contributed by atoms with E-state index in [-0.39, 0.29) is 11.9 Å². The van der Waals surface area contributed by atoms with Crippen molar-refractivity contribution in [1.29, 1.82) is 0 Å². The second kappa shape index (κ2) is 7.22. The fourth-order valence-electron chi connectivity index (χ4n) is 3.60. The highest BCUT2D eigenvalue weighted by atomic mass is 19.1. The number of methoxy groups -OCH3 is 1. The quantitative estimate of drug-likeness (QED) is 0.522. The van der Waals surface area contributed by atoms with Gasteiger partial charge in [0.05, 0.1) is 11.6 Å². The lowest BCUT2D eigenvalue weighted by Crippen LogP contribution is -2.52. The number of hydrogen-bond acceptors (Lipinski definition) is 5. The molecular weight excluding hydrogens is 367 g/mol. The fourth-order valence-corrected chi connectivity index (χ4v) is 3.60. The van der Waals surface area contributed by atoms with Crippen LogP contribution in [0.15, 0.2) is 67.0 Å². The molecule has 5 rings (SSSR count). The second-order valence-electron chi connectivity index (χ2n) is 7.09. The molecule has 0 N–H and O–H groups in total. The van der Waals surface area contributed by atoms with Crippen molar-refractivity contribution in [2.24, 2.45) is 0 Å². The van der Waals surface area contributed by atoms with Gasteiger partial charge in [-0.2, -0.15) is 0 Å². The molecule has 1 saturated heterocycles. The third-order valence-electron chi connectivity index (χ3n) is 5.26. The Morgan fingerprint density at radius 3 is 2.62 bits per heavy atom.